The molecule has 1 amide bonds. The van der Waals surface area contributed by atoms with E-state index in [1.807, 2.05) is 83.8 Å². The Morgan fingerprint density at radius 3 is 2.30 bits per heavy atom. The second-order valence-corrected chi connectivity index (χ2v) is 13.0. The number of H-pyrrole nitrogens is 1. The Kier molecular flexibility index (Phi) is 11.5. The Bertz CT molecular complexity index is 1490. The number of amides is 1. The smallest absolute Gasteiger partial charge is 0.410 e. The van der Waals surface area contributed by atoms with Crippen LogP contribution in [-0.2, 0) is 4.74 Å². The van der Waals surface area contributed by atoms with Crippen molar-refractivity contribution in [2.45, 2.75) is 92.3 Å². The summed E-state index contributed by atoms with van der Waals surface area (Å²) in [6, 6.07) is 7.71. The van der Waals surface area contributed by atoms with Crippen LogP contribution in [0, 0.1) is 5.41 Å². The molecule has 0 radical (unpaired) electrons. The van der Waals surface area contributed by atoms with Crippen LogP contribution >= 0.6 is 0 Å². The van der Waals surface area contributed by atoms with Gasteiger partial charge in [-0.3, -0.25) is 4.79 Å². The van der Waals surface area contributed by atoms with Gasteiger partial charge in [0.05, 0.1) is 34.6 Å². The van der Waals surface area contributed by atoms with E-state index in [2.05, 4.69) is 25.1 Å². The number of nitrogens with zero attached hydrogens (tertiary/aromatic N) is 5. The van der Waals surface area contributed by atoms with Crippen molar-refractivity contribution in [3.05, 3.63) is 47.0 Å². The number of hydrogen-bond donors (Lipinski definition) is 3. The van der Waals surface area contributed by atoms with E-state index in [4.69, 9.17) is 9.72 Å². The van der Waals surface area contributed by atoms with E-state index in [9.17, 15) is 14.7 Å². The van der Waals surface area contributed by atoms with Gasteiger partial charge in [-0.25, -0.2) is 14.8 Å². The lowest BCUT2D eigenvalue weighted by molar-refractivity contribution is 0.0266. The molecule has 0 unspecified atom stereocenters. The SMILES string of the molecule is CC.CC.CC(C)(C)OC(=O)N1CCC2(CCN(c3cc(Nc4ccc(N5CCC(O)CC5)cn4)c4c(=O)[nH]ccc4n3)CC2)C1. The van der Waals surface area contributed by atoms with E-state index >= 15 is 0 Å². The van der Waals surface area contributed by atoms with Crippen LogP contribution in [0.15, 0.2) is 41.5 Å². The highest BCUT2D eigenvalue weighted by Crippen LogP contribution is 2.42. The number of carbonyl (C=O) groups is 1. The van der Waals surface area contributed by atoms with Gasteiger partial charge in [0.2, 0.25) is 0 Å². The zero-order valence-corrected chi connectivity index (χ0v) is 28.7. The van der Waals surface area contributed by atoms with Gasteiger partial charge in [-0.05, 0) is 76.5 Å². The Balaban J connectivity index is 0.00000116. The number of aliphatic hydroxyl groups excluding tert-OH is 1. The normalized spacial score (nSPS) is 18.0. The maximum absolute atomic E-state index is 12.9. The van der Waals surface area contributed by atoms with Crippen LogP contribution in [0.4, 0.5) is 27.8 Å². The van der Waals surface area contributed by atoms with Crippen molar-refractivity contribution in [2.75, 3.05) is 54.4 Å². The van der Waals surface area contributed by atoms with Crippen LogP contribution in [0.25, 0.3) is 10.9 Å². The first-order valence-electron chi connectivity index (χ1n) is 17.0. The minimum Gasteiger partial charge on any atom is -0.444 e. The minimum atomic E-state index is -0.499. The fraction of sp³-hybridized carbons (Fsp3) is 0.600. The molecule has 3 saturated heterocycles. The maximum Gasteiger partial charge on any atom is 0.410 e. The van der Waals surface area contributed by atoms with Gasteiger partial charge in [0.25, 0.3) is 5.56 Å². The zero-order valence-electron chi connectivity index (χ0n) is 28.7. The molecule has 0 saturated carbocycles. The molecule has 3 aliphatic heterocycles. The van der Waals surface area contributed by atoms with E-state index in [1.54, 1.807) is 6.20 Å². The van der Waals surface area contributed by atoms with Gasteiger partial charge < -0.3 is 34.8 Å². The summed E-state index contributed by atoms with van der Waals surface area (Å²) in [6.45, 7) is 18.4. The molecule has 3 fully saturated rings. The first-order valence-corrected chi connectivity index (χ1v) is 17.0. The van der Waals surface area contributed by atoms with Crippen LogP contribution in [0.5, 0.6) is 0 Å². The first-order chi connectivity index (χ1) is 22.1. The summed E-state index contributed by atoms with van der Waals surface area (Å²) in [5, 5.41) is 13.7. The topological polar surface area (TPSA) is 127 Å². The summed E-state index contributed by atoms with van der Waals surface area (Å²) in [4.78, 5) is 44.2. The van der Waals surface area contributed by atoms with Gasteiger partial charge in [-0.2, -0.15) is 0 Å². The van der Waals surface area contributed by atoms with Crippen molar-refractivity contribution >= 4 is 40.0 Å². The van der Waals surface area contributed by atoms with E-state index in [0.29, 0.717) is 22.4 Å². The standard InChI is InChI=1S/C31H41N7O4.2C2H6/c1-30(2,3)42-29(41)38-17-11-31(20-38)9-15-37(16-10-31)26-18-24(27-23(35-26)6-12-32-28(27)40)34-25-5-4-21(19-33-25)36-13-7-22(39)8-14-36;2*1-2/h4-6,12,18-19,22,39H,7-11,13-17,20H2,1-3H3,(H,32,40)(H,33,34,35);2*1-2H3. The number of ether oxygens (including phenoxy) is 1. The predicted molar refractivity (Wildman–Crippen MR) is 186 cm³/mol. The van der Waals surface area contributed by atoms with E-state index in [0.717, 1.165) is 82.9 Å². The summed E-state index contributed by atoms with van der Waals surface area (Å²) in [6.07, 6.45) is 7.42. The van der Waals surface area contributed by atoms with Crippen LogP contribution in [0.3, 0.4) is 0 Å². The molecular formula is C35H53N7O4. The number of rotatable bonds is 4. The molecule has 0 aromatic carbocycles. The molecule has 46 heavy (non-hydrogen) atoms. The number of aromatic amines is 1. The number of nitrogens with one attached hydrogen (secondary N) is 2. The van der Waals surface area contributed by atoms with E-state index in [1.165, 1.54) is 0 Å². The molecule has 3 aromatic rings. The molecule has 6 heterocycles. The molecular weight excluding hydrogens is 582 g/mol. The van der Waals surface area contributed by atoms with Crippen molar-refractivity contribution < 1.29 is 14.6 Å². The summed E-state index contributed by atoms with van der Waals surface area (Å²) >= 11 is 0. The number of fused-ring (bicyclic) bond motifs is 1. The lowest BCUT2D eigenvalue weighted by Crippen LogP contribution is -2.43. The fourth-order valence-electron chi connectivity index (χ4n) is 6.38. The van der Waals surface area contributed by atoms with E-state index in [-0.39, 0.29) is 23.2 Å². The highest BCUT2D eigenvalue weighted by atomic mass is 16.6. The molecule has 0 aliphatic carbocycles. The van der Waals surface area contributed by atoms with Crippen LogP contribution in [-0.4, -0.2) is 82.0 Å². The molecule has 6 rings (SSSR count). The minimum absolute atomic E-state index is 0.0978. The predicted octanol–water partition coefficient (Wildman–Crippen LogP) is 6.30. The van der Waals surface area contributed by atoms with Crippen molar-refractivity contribution in [3.63, 3.8) is 0 Å². The number of hydrogen-bond acceptors (Lipinski definition) is 9. The Labute approximate surface area is 273 Å². The van der Waals surface area contributed by atoms with Gasteiger partial charge >= 0.3 is 6.09 Å². The summed E-state index contributed by atoms with van der Waals surface area (Å²) < 4.78 is 5.61. The number of pyridine rings is 3. The Morgan fingerprint density at radius 2 is 1.67 bits per heavy atom. The second-order valence-electron chi connectivity index (χ2n) is 13.0. The third-order valence-corrected chi connectivity index (χ3v) is 8.79. The molecule has 252 valence electrons. The van der Waals surface area contributed by atoms with Gasteiger partial charge in [0.1, 0.15) is 17.2 Å². The van der Waals surface area contributed by atoms with Gasteiger partial charge in [0.15, 0.2) is 0 Å². The molecule has 3 N–H and O–H groups in total. The second kappa shape index (κ2) is 15.2. The molecule has 0 bridgehead atoms. The van der Waals surface area contributed by atoms with Crippen molar-refractivity contribution in [2.24, 2.45) is 5.41 Å². The molecule has 0 atom stereocenters. The number of carbonyl (C=O) groups excluding carboxylic acids is 1. The van der Waals surface area contributed by atoms with Crippen molar-refractivity contribution in [3.8, 4) is 0 Å². The van der Waals surface area contributed by atoms with E-state index < -0.39 is 5.60 Å². The summed E-state index contributed by atoms with van der Waals surface area (Å²) in [5.41, 5.74) is 1.70. The Morgan fingerprint density at radius 1 is 1.00 bits per heavy atom. The monoisotopic (exact) mass is 635 g/mol. The number of piperidine rings is 2. The van der Waals surface area contributed by atoms with Gasteiger partial charge in [-0.15, -0.1) is 0 Å². The number of aromatic nitrogens is 3. The summed E-state index contributed by atoms with van der Waals surface area (Å²) in [7, 11) is 0. The van der Waals surface area contributed by atoms with Gasteiger partial charge in [-0.1, -0.05) is 27.7 Å². The lowest BCUT2D eigenvalue weighted by Gasteiger charge is -2.40. The molecule has 1 spiro atoms. The highest BCUT2D eigenvalue weighted by molar-refractivity contribution is 5.93. The van der Waals surface area contributed by atoms with Crippen molar-refractivity contribution in [1.29, 1.82) is 0 Å². The van der Waals surface area contributed by atoms with Gasteiger partial charge in [0, 0.05) is 51.5 Å². The van der Waals surface area contributed by atoms with Crippen LogP contribution in [0.1, 0.15) is 80.6 Å². The molecule has 11 nitrogen and oxygen atoms in total. The first kappa shape index (κ1) is 35.0. The fourth-order valence-corrected chi connectivity index (χ4v) is 6.38. The zero-order chi connectivity index (χ0) is 33.5. The number of likely N-dealkylation sites (tertiary alicyclic amines) is 1. The molecule has 11 heteroatoms. The third kappa shape index (κ3) is 8.29. The quantitative estimate of drug-likeness (QED) is 0.303. The molecule has 3 aliphatic rings. The highest BCUT2D eigenvalue weighted by Gasteiger charge is 2.43. The average molecular weight is 636 g/mol. The third-order valence-electron chi connectivity index (χ3n) is 8.79. The van der Waals surface area contributed by atoms with Crippen LogP contribution < -0.4 is 20.7 Å². The summed E-state index contributed by atoms with van der Waals surface area (Å²) in [5.74, 6) is 1.46. The Hall–Kier alpha value is -3.86. The average Bonchev–Trinajstić information content (AvgIpc) is 3.47. The number of aliphatic hydroxyl groups is 1. The van der Waals surface area contributed by atoms with Crippen molar-refractivity contribution in [1.82, 2.24) is 19.9 Å². The number of anilines is 4. The maximum atomic E-state index is 12.9. The molecule has 3 aromatic heterocycles. The lowest BCUT2D eigenvalue weighted by atomic mass is 9.78. The van der Waals surface area contributed by atoms with Crippen LogP contribution in [0.2, 0.25) is 0 Å². The largest absolute Gasteiger partial charge is 0.444 e.